The highest BCUT2D eigenvalue weighted by Crippen LogP contribution is 2.19. The summed E-state index contributed by atoms with van der Waals surface area (Å²) >= 11 is 1.43. The Kier molecular flexibility index (Phi) is 3.29. The van der Waals surface area contributed by atoms with Gasteiger partial charge in [-0.2, -0.15) is 0 Å². The summed E-state index contributed by atoms with van der Waals surface area (Å²) in [4.78, 5) is 29.1. The van der Waals surface area contributed by atoms with Crippen LogP contribution in [0.15, 0.2) is 33.9 Å². The maximum absolute atomic E-state index is 12.5. The number of aromatic nitrogens is 2. The van der Waals surface area contributed by atoms with E-state index in [-0.39, 0.29) is 11.2 Å². The summed E-state index contributed by atoms with van der Waals surface area (Å²) < 4.78 is 1.27. The maximum atomic E-state index is 12.5. The largest absolute Gasteiger partial charge is 0.329 e. The summed E-state index contributed by atoms with van der Waals surface area (Å²) in [5.74, 6) is 0. The molecule has 0 aliphatic carbocycles. The Hall–Kier alpha value is -2.14. The van der Waals surface area contributed by atoms with Crippen molar-refractivity contribution in [2.24, 2.45) is 0 Å². The number of aromatic amines is 1. The topological polar surface area (TPSA) is 54.9 Å². The number of fused-ring (bicyclic) bond motifs is 1. The number of rotatable bonds is 2. The summed E-state index contributed by atoms with van der Waals surface area (Å²) in [5, 5.41) is 0.585. The predicted molar refractivity (Wildman–Crippen MR) is 86.5 cm³/mol. The highest BCUT2D eigenvalue weighted by Gasteiger charge is 2.11. The molecule has 2 heterocycles. The molecular weight excluding hydrogens is 284 g/mol. The van der Waals surface area contributed by atoms with Crippen LogP contribution in [-0.2, 0) is 6.54 Å². The van der Waals surface area contributed by atoms with E-state index < -0.39 is 0 Å². The predicted octanol–water partition coefficient (Wildman–Crippen LogP) is 2.72. The first-order chi connectivity index (χ1) is 9.95. The van der Waals surface area contributed by atoms with Crippen LogP contribution in [0.5, 0.6) is 0 Å². The number of aryl methyl sites for hydroxylation is 3. The van der Waals surface area contributed by atoms with Gasteiger partial charge in [-0.05, 0) is 38.0 Å². The molecule has 0 unspecified atom stereocenters. The van der Waals surface area contributed by atoms with Crippen molar-refractivity contribution in [1.29, 1.82) is 0 Å². The lowest BCUT2D eigenvalue weighted by Gasteiger charge is -2.08. The van der Waals surface area contributed by atoms with Crippen LogP contribution in [0.4, 0.5) is 0 Å². The van der Waals surface area contributed by atoms with E-state index in [1.807, 2.05) is 39.0 Å². The standard InChI is InChI=1S/C16H16N2O2S/c1-9-4-5-12(10(2)6-9)8-18-15(19)13-7-11(3)21-14(13)17-16(18)20/h4-7H,8H2,1-3H3,(H,17,20). The van der Waals surface area contributed by atoms with Crippen LogP contribution in [0.3, 0.4) is 0 Å². The lowest BCUT2D eigenvalue weighted by Crippen LogP contribution is -2.35. The van der Waals surface area contributed by atoms with Crippen LogP contribution in [-0.4, -0.2) is 9.55 Å². The Bertz CT molecular complexity index is 947. The van der Waals surface area contributed by atoms with Gasteiger partial charge in [-0.1, -0.05) is 23.8 Å². The van der Waals surface area contributed by atoms with Gasteiger partial charge in [-0.3, -0.25) is 14.3 Å². The Morgan fingerprint density at radius 3 is 2.62 bits per heavy atom. The minimum atomic E-state index is -0.352. The molecule has 0 spiro atoms. The summed E-state index contributed by atoms with van der Waals surface area (Å²) in [6, 6.07) is 7.85. The third-order valence-corrected chi connectivity index (χ3v) is 4.59. The van der Waals surface area contributed by atoms with Crippen LogP contribution in [0, 0.1) is 20.8 Å². The van der Waals surface area contributed by atoms with Gasteiger partial charge in [0.1, 0.15) is 4.83 Å². The number of hydrogen-bond acceptors (Lipinski definition) is 3. The number of nitrogens with zero attached hydrogens (tertiary/aromatic N) is 1. The van der Waals surface area contributed by atoms with Gasteiger partial charge in [0.05, 0.1) is 11.9 Å². The molecule has 4 nitrogen and oxygen atoms in total. The fraction of sp³-hybridized carbons (Fsp3) is 0.250. The average molecular weight is 300 g/mol. The molecule has 0 amide bonds. The second-order valence-electron chi connectivity index (χ2n) is 5.35. The van der Waals surface area contributed by atoms with Crippen LogP contribution < -0.4 is 11.2 Å². The number of H-pyrrole nitrogens is 1. The molecule has 1 aromatic carbocycles. The van der Waals surface area contributed by atoms with Crippen molar-refractivity contribution in [2.75, 3.05) is 0 Å². The van der Waals surface area contributed by atoms with E-state index in [9.17, 15) is 9.59 Å². The van der Waals surface area contributed by atoms with E-state index in [4.69, 9.17) is 0 Å². The Balaban J connectivity index is 2.16. The lowest BCUT2D eigenvalue weighted by molar-refractivity contribution is 0.709. The Morgan fingerprint density at radius 2 is 1.90 bits per heavy atom. The summed E-state index contributed by atoms with van der Waals surface area (Å²) in [6.07, 6.45) is 0. The third kappa shape index (κ3) is 2.45. The van der Waals surface area contributed by atoms with Gasteiger partial charge in [-0.15, -0.1) is 11.3 Å². The molecular formula is C16H16N2O2S. The quantitative estimate of drug-likeness (QED) is 0.791. The molecule has 5 heteroatoms. The molecule has 2 aromatic heterocycles. The van der Waals surface area contributed by atoms with Crippen molar-refractivity contribution in [3.05, 3.63) is 66.7 Å². The van der Waals surface area contributed by atoms with Crippen molar-refractivity contribution in [1.82, 2.24) is 9.55 Å². The first-order valence-electron chi connectivity index (χ1n) is 6.75. The SMILES string of the molecule is Cc1ccc(Cn2c(=O)[nH]c3sc(C)cc3c2=O)c(C)c1. The molecule has 3 rings (SSSR count). The number of benzene rings is 1. The number of thiophene rings is 1. The van der Waals surface area contributed by atoms with Crippen LogP contribution in [0.1, 0.15) is 21.6 Å². The molecule has 0 fully saturated rings. The normalized spacial score (nSPS) is 11.2. The highest BCUT2D eigenvalue weighted by molar-refractivity contribution is 7.18. The zero-order valence-corrected chi connectivity index (χ0v) is 13.0. The summed E-state index contributed by atoms with van der Waals surface area (Å²) in [7, 11) is 0. The maximum Gasteiger partial charge on any atom is 0.329 e. The average Bonchev–Trinajstić information content (AvgIpc) is 2.77. The number of hydrogen-bond donors (Lipinski definition) is 1. The first-order valence-corrected chi connectivity index (χ1v) is 7.57. The van der Waals surface area contributed by atoms with Crippen molar-refractivity contribution in [3.63, 3.8) is 0 Å². The molecule has 0 radical (unpaired) electrons. The Labute approximate surface area is 125 Å². The van der Waals surface area contributed by atoms with E-state index >= 15 is 0 Å². The number of nitrogens with one attached hydrogen (secondary N) is 1. The smallest absolute Gasteiger partial charge is 0.298 e. The fourth-order valence-electron chi connectivity index (χ4n) is 2.51. The zero-order chi connectivity index (χ0) is 15.1. The molecule has 0 saturated carbocycles. The van der Waals surface area contributed by atoms with Gasteiger partial charge >= 0.3 is 5.69 Å². The van der Waals surface area contributed by atoms with Crippen LogP contribution in [0.2, 0.25) is 0 Å². The molecule has 21 heavy (non-hydrogen) atoms. The van der Waals surface area contributed by atoms with Crippen LogP contribution in [0.25, 0.3) is 10.2 Å². The minimum absolute atomic E-state index is 0.224. The molecule has 0 atom stereocenters. The molecule has 0 aliphatic heterocycles. The second-order valence-corrected chi connectivity index (χ2v) is 6.61. The third-order valence-electron chi connectivity index (χ3n) is 3.62. The molecule has 3 aromatic rings. The zero-order valence-electron chi connectivity index (χ0n) is 12.2. The monoisotopic (exact) mass is 300 g/mol. The lowest BCUT2D eigenvalue weighted by atomic mass is 10.1. The van der Waals surface area contributed by atoms with Gasteiger partial charge in [0.2, 0.25) is 0 Å². The first kappa shape index (κ1) is 13.8. The van der Waals surface area contributed by atoms with Gasteiger partial charge in [0, 0.05) is 4.88 Å². The molecule has 0 saturated heterocycles. The van der Waals surface area contributed by atoms with E-state index in [1.165, 1.54) is 21.5 Å². The fourth-order valence-corrected chi connectivity index (χ4v) is 3.40. The summed E-state index contributed by atoms with van der Waals surface area (Å²) in [5.41, 5.74) is 2.66. The van der Waals surface area contributed by atoms with Gasteiger partial charge in [0.15, 0.2) is 0 Å². The Morgan fingerprint density at radius 1 is 1.14 bits per heavy atom. The minimum Gasteiger partial charge on any atom is -0.298 e. The van der Waals surface area contributed by atoms with Gasteiger partial charge in [0.25, 0.3) is 5.56 Å². The van der Waals surface area contributed by atoms with E-state index in [0.717, 1.165) is 16.0 Å². The van der Waals surface area contributed by atoms with Crippen molar-refractivity contribution >= 4 is 21.6 Å². The summed E-state index contributed by atoms with van der Waals surface area (Å²) in [6.45, 7) is 6.24. The van der Waals surface area contributed by atoms with Crippen molar-refractivity contribution in [3.8, 4) is 0 Å². The van der Waals surface area contributed by atoms with Gasteiger partial charge < -0.3 is 0 Å². The van der Waals surface area contributed by atoms with E-state index in [1.54, 1.807) is 0 Å². The molecule has 1 N–H and O–H groups in total. The second kappa shape index (κ2) is 5.00. The highest BCUT2D eigenvalue weighted by atomic mass is 32.1. The molecule has 0 bridgehead atoms. The van der Waals surface area contributed by atoms with Crippen molar-refractivity contribution < 1.29 is 0 Å². The van der Waals surface area contributed by atoms with Crippen LogP contribution >= 0.6 is 11.3 Å². The van der Waals surface area contributed by atoms with E-state index in [2.05, 4.69) is 11.1 Å². The molecule has 0 aliphatic rings. The van der Waals surface area contributed by atoms with E-state index in [0.29, 0.717) is 16.8 Å². The van der Waals surface area contributed by atoms with Gasteiger partial charge in [-0.25, -0.2) is 4.79 Å². The van der Waals surface area contributed by atoms with Crippen molar-refractivity contribution in [2.45, 2.75) is 27.3 Å². The molecule has 108 valence electrons.